The predicted octanol–water partition coefficient (Wildman–Crippen LogP) is 4.13. The number of hydrogen-bond donors (Lipinski definition) is 1. The van der Waals surface area contributed by atoms with Gasteiger partial charge in [0.25, 0.3) is 0 Å². The first-order chi connectivity index (χ1) is 8.54. The first kappa shape index (κ1) is 13.6. The van der Waals surface area contributed by atoms with Gasteiger partial charge in [-0.15, -0.1) is 11.3 Å². The lowest BCUT2D eigenvalue weighted by Crippen LogP contribution is -2.25. The molecule has 0 saturated heterocycles. The van der Waals surface area contributed by atoms with E-state index < -0.39 is 0 Å². The molecule has 3 heteroatoms. The fourth-order valence-electron chi connectivity index (χ4n) is 2.27. The highest BCUT2D eigenvalue weighted by Gasteiger charge is 2.10. The van der Waals surface area contributed by atoms with E-state index in [1.165, 1.54) is 21.6 Å². The molecule has 0 radical (unpaired) electrons. The summed E-state index contributed by atoms with van der Waals surface area (Å²) in [4.78, 5) is 1.19. The van der Waals surface area contributed by atoms with Gasteiger partial charge in [0, 0.05) is 10.9 Å². The molecule has 1 aromatic carbocycles. The average molecular weight is 280 g/mol. The highest BCUT2D eigenvalue weighted by atomic mass is 35.5. The summed E-state index contributed by atoms with van der Waals surface area (Å²) in [5.41, 5.74) is 10.1. The van der Waals surface area contributed by atoms with Gasteiger partial charge in [0.2, 0.25) is 0 Å². The molecule has 18 heavy (non-hydrogen) atoms. The molecule has 0 fully saturated rings. The van der Waals surface area contributed by atoms with Crippen LogP contribution < -0.4 is 5.73 Å². The Morgan fingerprint density at radius 1 is 1.17 bits per heavy atom. The van der Waals surface area contributed by atoms with E-state index in [1.54, 1.807) is 11.3 Å². The third kappa shape index (κ3) is 3.58. The fourth-order valence-corrected chi connectivity index (χ4v) is 3.48. The van der Waals surface area contributed by atoms with Crippen LogP contribution in [0.25, 0.3) is 0 Å². The van der Waals surface area contributed by atoms with E-state index >= 15 is 0 Å². The molecule has 0 saturated carbocycles. The number of benzene rings is 1. The summed E-state index contributed by atoms with van der Waals surface area (Å²) in [6, 6.07) is 8.67. The van der Waals surface area contributed by atoms with Crippen LogP contribution in [0, 0.1) is 13.8 Å². The third-order valence-corrected chi connectivity index (χ3v) is 4.33. The number of rotatable bonds is 4. The van der Waals surface area contributed by atoms with Crippen molar-refractivity contribution < 1.29 is 0 Å². The first-order valence-corrected chi connectivity index (χ1v) is 7.35. The predicted molar refractivity (Wildman–Crippen MR) is 80.6 cm³/mol. The minimum atomic E-state index is 0.127. The maximum Gasteiger partial charge on any atom is 0.0545 e. The zero-order chi connectivity index (χ0) is 13.1. The smallest absolute Gasteiger partial charge is 0.0545 e. The van der Waals surface area contributed by atoms with E-state index in [1.807, 2.05) is 11.4 Å². The molecule has 0 aliphatic heterocycles. The number of aryl methyl sites for hydroxylation is 2. The van der Waals surface area contributed by atoms with Crippen LogP contribution in [0.2, 0.25) is 5.02 Å². The average Bonchev–Trinajstić information content (AvgIpc) is 2.62. The molecule has 0 aliphatic rings. The van der Waals surface area contributed by atoms with Crippen molar-refractivity contribution in [1.82, 2.24) is 0 Å². The largest absolute Gasteiger partial charge is 0.327 e. The van der Waals surface area contributed by atoms with E-state index in [0.717, 1.165) is 17.9 Å². The van der Waals surface area contributed by atoms with Crippen molar-refractivity contribution in [2.45, 2.75) is 32.7 Å². The highest BCUT2D eigenvalue weighted by molar-refractivity contribution is 7.10. The molecule has 2 aromatic rings. The Hall–Kier alpha value is -0.830. The van der Waals surface area contributed by atoms with Crippen LogP contribution in [0.1, 0.15) is 21.6 Å². The summed E-state index contributed by atoms with van der Waals surface area (Å²) in [5, 5.41) is 2.86. The van der Waals surface area contributed by atoms with Gasteiger partial charge in [0.05, 0.1) is 5.02 Å². The molecule has 2 rings (SSSR count). The van der Waals surface area contributed by atoms with Crippen molar-refractivity contribution in [2.75, 3.05) is 0 Å². The summed E-state index contributed by atoms with van der Waals surface area (Å²) in [7, 11) is 0. The maximum atomic E-state index is 6.21. The van der Waals surface area contributed by atoms with Gasteiger partial charge in [-0.1, -0.05) is 40.9 Å². The second kappa shape index (κ2) is 5.87. The van der Waals surface area contributed by atoms with Crippen LogP contribution >= 0.6 is 22.9 Å². The Morgan fingerprint density at radius 3 is 2.39 bits per heavy atom. The number of thiophene rings is 1. The van der Waals surface area contributed by atoms with Gasteiger partial charge in [0.15, 0.2) is 0 Å². The molecule has 1 aromatic heterocycles. The van der Waals surface area contributed by atoms with Gasteiger partial charge in [0.1, 0.15) is 0 Å². The van der Waals surface area contributed by atoms with Gasteiger partial charge in [-0.2, -0.15) is 0 Å². The Balaban J connectivity index is 2.03. The van der Waals surface area contributed by atoms with Gasteiger partial charge < -0.3 is 5.73 Å². The summed E-state index contributed by atoms with van der Waals surface area (Å²) >= 11 is 7.77. The molecule has 1 heterocycles. The van der Waals surface area contributed by atoms with Gasteiger partial charge in [-0.3, -0.25) is 0 Å². The number of halogens is 1. The molecule has 1 nitrogen and oxygen atoms in total. The third-order valence-electron chi connectivity index (χ3n) is 2.92. The second-order valence-corrected chi connectivity index (χ2v) is 6.26. The fraction of sp³-hybridized carbons (Fsp3) is 0.333. The first-order valence-electron chi connectivity index (χ1n) is 6.09. The van der Waals surface area contributed by atoms with Crippen LogP contribution in [0.4, 0.5) is 0 Å². The minimum Gasteiger partial charge on any atom is -0.327 e. The van der Waals surface area contributed by atoms with Crippen LogP contribution in [-0.2, 0) is 12.8 Å². The van der Waals surface area contributed by atoms with Crippen LogP contribution in [0.15, 0.2) is 29.6 Å². The second-order valence-electron chi connectivity index (χ2n) is 4.86. The van der Waals surface area contributed by atoms with E-state index in [-0.39, 0.29) is 6.04 Å². The normalized spacial score (nSPS) is 12.7. The van der Waals surface area contributed by atoms with Gasteiger partial charge in [-0.05, 0) is 43.7 Å². The van der Waals surface area contributed by atoms with Gasteiger partial charge >= 0.3 is 0 Å². The molecule has 0 bridgehead atoms. The highest BCUT2D eigenvalue weighted by Crippen LogP contribution is 2.23. The monoisotopic (exact) mass is 279 g/mol. The van der Waals surface area contributed by atoms with Crippen LogP contribution in [0.3, 0.4) is 0 Å². The van der Waals surface area contributed by atoms with E-state index in [0.29, 0.717) is 0 Å². The topological polar surface area (TPSA) is 26.0 Å². The standard InChI is InChI=1S/C15H18ClNS/c1-10-5-11(2)7-12(6-10)8-13(17)9-15-14(16)3-4-18-15/h3-7,13H,8-9,17H2,1-2H3. The quantitative estimate of drug-likeness (QED) is 0.895. The van der Waals surface area contributed by atoms with Crippen molar-refractivity contribution in [3.63, 3.8) is 0 Å². The zero-order valence-electron chi connectivity index (χ0n) is 10.7. The van der Waals surface area contributed by atoms with E-state index in [9.17, 15) is 0 Å². The van der Waals surface area contributed by atoms with E-state index in [2.05, 4.69) is 32.0 Å². The Bertz CT molecular complexity index is 513. The summed E-state index contributed by atoms with van der Waals surface area (Å²) in [6.45, 7) is 4.25. The molecule has 2 N–H and O–H groups in total. The molecule has 0 amide bonds. The van der Waals surface area contributed by atoms with Crippen molar-refractivity contribution in [1.29, 1.82) is 0 Å². The lowest BCUT2D eigenvalue weighted by Gasteiger charge is -2.12. The van der Waals surface area contributed by atoms with E-state index in [4.69, 9.17) is 17.3 Å². The Morgan fingerprint density at radius 2 is 1.83 bits per heavy atom. The maximum absolute atomic E-state index is 6.21. The molecule has 0 spiro atoms. The number of hydrogen-bond acceptors (Lipinski definition) is 2. The van der Waals surface area contributed by atoms with Crippen molar-refractivity contribution >= 4 is 22.9 Å². The van der Waals surface area contributed by atoms with Crippen molar-refractivity contribution in [3.8, 4) is 0 Å². The minimum absolute atomic E-state index is 0.127. The molecule has 1 unspecified atom stereocenters. The lowest BCUT2D eigenvalue weighted by atomic mass is 10.00. The zero-order valence-corrected chi connectivity index (χ0v) is 12.3. The Kier molecular flexibility index (Phi) is 4.44. The van der Waals surface area contributed by atoms with Crippen molar-refractivity contribution in [3.05, 3.63) is 56.2 Å². The lowest BCUT2D eigenvalue weighted by molar-refractivity contribution is 0.670. The molecule has 1 atom stereocenters. The van der Waals surface area contributed by atoms with Crippen molar-refractivity contribution in [2.24, 2.45) is 5.73 Å². The SMILES string of the molecule is Cc1cc(C)cc(CC(N)Cc2sccc2Cl)c1. The molecular weight excluding hydrogens is 262 g/mol. The van der Waals surface area contributed by atoms with Gasteiger partial charge in [-0.25, -0.2) is 0 Å². The summed E-state index contributed by atoms with van der Waals surface area (Å²) in [6.07, 6.45) is 1.75. The Labute approximate surface area is 118 Å². The summed E-state index contributed by atoms with van der Waals surface area (Å²) in [5.74, 6) is 0. The summed E-state index contributed by atoms with van der Waals surface area (Å²) < 4.78 is 0. The molecular formula is C15H18ClNS. The molecule has 0 aliphatic carbocycles. The van der Waals surface area contributed by atoms with Crippen LogP contribution in [0.5, 0.6) is 0 Å². The molecule has 96 valence electrons. The number of nitrogens with two attached hydrogens (primary N) is 1. The van der Waals surface area contributed by atoms with Crippen LogP contribution in [-0.4, -0.2) is 6.04 Å².